The first-order valence-electron chi connectivity index (χ1n) is 9.79. The summed E-state index contributed by atoms with van der Waals surface area (Å²) in [5.41, 5.74) is -0.768. The molecule has 1 saturated heterocycles. The van der Waals surface area contributed by atoms with Crippen LogP contribution in [0, 0.1) is 10.1 Å². The van der Waals surface area contributed by atoms with E-state index in [0.717, 1.165) is 6.07 Å². The van der Waals surface area contributed by atoms with Gasteiger partial charge in [-0.15, -0.1) is 0 Å². The molecule has 3 rings (SSSR count). The lowest BCUT2D eigenvalue weighted by Crippen LogP contribution is -2.48. The molecule has 11 heteroatoms. The molecule has 1 aliphatic heterocycles. The molecule has 0 spiro atoms. The van der Waals surface area contributed by atoms with Crippen LogP contribution in [0.3, 0.4) is 0 Å². The molecule has 0 unspecified atom stereocenters. The van der Waals surface area contributed by atoms with Gasteiger partial charge in [0.05, 0.1) is 22.7 Å². The summed E-state index contributed by atoms with van der Waals surface area (Å²) in [4.78, 5) is 38.3. The van der Waals surface area contributed by atoms with E-state index in [2.05, 4.69) is 5.32 Å². The van der Waals surface area contributed by atoms with Gasteiger partial charge in [-0.2, -0.15) is 13.2 Å². The number of ketones is 1. The van der Waals surface area contributed by atoms with E-state index in [1.807, 2.05) is 0 Å². The molecule has 1 heterocycles. The summed E-state index contributed by atoms with van der Waals surface area (Å²) in [6.07, 6.45) is -4.58. The maximum atomic E-state index is 13.1. The number of benzene rings is 2. The quantitative estimate of drug-likeness (QED) is 0.411. The van der Waals surface area contributed by atoms with Gasteiger partial charge in [0.15, 0.2) is 5.78 Å². The molecule has 1 amide bonds. The number of halogens is 3. The summed E-state index contributed by atoms with van der Waals surface area (Å²) in [6.45, 7) is 2.76. The highest BCUT2D eigenvalue weighted by Crippen LogP contribution is 2.34. The molecule has 0 saturated carbocycles. The largest absolute Gasteiger partial charge is 0.418 e. The maximum absolute atomic E-state index is 13.1. The molecule has 0 radical (unpaired) electrons. The number of alkyl halides is 3. The fraction of sp³-hybridized carbons (Fsp3) is 0.333. The van der Waals surface area contributed by atoms with Crippen molar-refractivity contribution in [1.29, 1.82) is 0 Å². The van der Waals surface area contributed by atoms with Crippen LogP contribution in [0.4, 0.5) is 30.2 Å². The van der Waals surface area contributed by atoms with E-state index in [-0.39, 0.29) is 29.3 Å². The fourth-order valence-corrected chi connectivity index (χ4v) is 3.54. The first-order valence-corrected chi connectivity index (χ1v) is 9.79. The zero-order valence-corrected chi connectivity index (χ0v) is 17.2. The number of amides is 1. The third-order valence-electron chi connectivity index (χ3n) is 5.17. The highest BCUT2D eigenvalue weighted by Gasteiger charge is 2.33. The van der Waals surface area contributed by atoms with Crippen molar-refractivity contribution < 1.29 is 27.7 Å². The van der Waals surface area contributed by atoms with Crippen LogP contribution in [-0.4, -0.2) is 54.2 Å². The van der Waals surface area contributed by atoms with Crippen molar-refractivity contribution in [2.45, 2.75) is 13.1 Å². The van der Waals surface area contributed by atoms with Crippen molar-refractivity contribution in [2.75, 3.05) is 42.9 Å². The first kappa shape index (κ1) is 23.2. The number of nitro benzene ring substituents is 1. The third kappa shape index (κ3) is 5.41. The molecule has 1 aliphatic rings. The summed E-state index contributed by atoms with van der Waals surface area (Å²) in [5, 5.41) is 13.8. The number of anilines is 2. The molecular weight excluding hydrogens is 429 g/mol. The average molecular weight is 450 g/mol. The van der Waals surface area contributed by atoms with Crippen molar-refractivity contribution in [3.8, 4) is 0 Å². The van der Waals surface area contributed by atoms with Gasteiger partial charge in [0.2, 0.25) is 5.91 Å². The van der Waals surface area contributed by atoms with Gasteiger partial charge in [0, 0.05) is 37.8 Å². The monoisotopic (exact) mass is 450 g/mol. The minimum absolute atomic E-state index is 0.106. The van der Waals surface area contributed by atoms with Crippen molar-refractivity contribution in [3.05, 3.63) is 63.7 Å². The summed E-state index contributed by atoms with van der Waals surface area (Å²) in [6, 6.07) is 9.07. The number of hydrogen-bond donors (Lipinski definition) is 1. The Morgan fingerprint density at radius 2 is 1.75 bits per heavy atom. The van der Waals surface area contributed by atoms with Crippen LogP contribution in [0.1, 0.15) is 22.8 Å². The summed E-state index contributed by atoms with van der Waals surface area (Å²) in [5.74, 6) is -0.852. The molecule has 2 aromatic carbocycles. The predicted molar refractivity (Wildman–Crippen MR) is 112 cm³/mol. The van der Waals surface area contributed by atoms with Gasteiger partial charge in [-0.1, -0.05) is 12.1 Å². The number of nitro groups is 1. The molecule has 0 atom stereocenters. The van der Waals surface area contributed by atoms with Crippen LogP contribution in [0.25, 0.3) is 0 Å². The van der Waals surface area contributed by atoms with Crippen molar-refractivity contribution in [1.82, 2.24) is 4.90 Å². The number of piperazine rings is 1. The number of hydrogen-bond acceptors (Lipinski definition) is 6. The molecule has 1 N–H and O–H groups in total. The normalized spacial score (nSPS) is 14.8. The molecular formula is C21H21F3N4O4. The van der Waals surface area contributed by atoms with Crippen LogP contribution < -0.4 is 10.2 Å². The average Bonchev–Trinajstić information content (AvgIpc) is 2.73. The minimum Gasteiger partial charge on any atom is -0.363 e. The van der Waals surface area contributed by atoms with Crippen molar-refractivity contribution in [2.24, 2.45) is 0 Å². The standard InChI is InChI=1S/C21H21F3N4O4/c1-14(29)15-6-7-18(19(12-15)28(31)32)27-10-8-26(9-11-27)13-20(30)25-17-5-3-2-4-16(17)21(22,23)24/h2-7,12H,8-11,13H2,1H3,(H,25,30). The Hall–Kier alpha value is -3.47. The molecule has 1 fully saturated rings. The number of nitrogens with one attached hydrogen (secondary N) is 1. The van der Waals surface area contributed by atoms with E-state index in [1.165, 1.54) is 43.3 Å². The Labute approximate surface area is 181 Å². The van der Waals surface area contributed by atoms with Gasteiger partial charge in [-0.3, -0.25) is 24.6 Å². The summed E-state index contributed by atoms with van der Waals surface area (Å²) >= 11 is 0. The lowest BCUT2D eigenvalue weighted by molar-refractivity contribution is -0.384. The van der Waals surface area contributed by atoms with E-state index < -0.39 is 22.6 Å². The van der Waals surface area contributed by atoms with Crippen LogP contribution in [0.2, 0.25) is 0 Å². The van der Waals surface area contributed by atoms with E-state index in [1.54, 1.807) is 9.80 Å². The Balaban J connectivity index is 1.62. The Morgan fingerprint density at radius 3 is 2.34 bits per heavy atom. The Bertz CT molecular complexity index is 1030. The van der Waals surface area contributed by atoms with Gasteiger partial charge < -0.3 is 10.2 Å². The van der Waals surface area contributed by atoms with Gasteiger partial charge >= 0.3 is 6.18 Å². The highest BCUT2D eigenvalue weighted by atomic mass is 19.4. The van der Waals surface area contributed by atoms with E-state index in [9.17, 15) is 32.9 Å². The number of Topliss-reactive ketones (excluding diaryl/α,β-unsaturated/α-hetero) is 1. The second-order valence-electron chi connectivity index (χ2n) is 7.37. The predicted octanol–water partition coefficient (Wildman–Crippen LogP) is 3.58. The van der Waals surface area contributed by atoms with E-state index in [4.69, 9.17) is 0 Å². The Morgan fingerprint density at radius 1 is 1.09 bits per heavy atom. The van der Waals surface area contributed by atoms with Gasteiger partial charge in [0.25, 0.3) is 5.69 Å². The number of rotatable bonds is 6. The van der Waals surface area contributed by atoms with Crippen molar-refractivity contribution >= 4 is 28.8 Å². The van der Waals surface area contributed by atoms with Crippen molar-refractivity contribution in [3.63, 3.8) is 0 Å². The third-order valence-corrected chi connectivity index (χ3v) is 5.17. The molecule has 0 aliphatic carbocycles. The number of carbonyl (C=O) groups is 2. The molecule has 2 aromatic rings. The Kier molecular flexibility index (Phi) is 6.78. The molecule has 0 aromatic heterocycles. The first-order chi connectivity index (χ1) is 15.1. The zero-order valence-electron chi connectivity index (χ0n) is 17.2. The van der Waals surface area contributed by atoms with E-state index in [0.29, 0.717) is 31.9 Å². The summed E-state index contributed by atoms with van der Waals surface area (Å²) in [7, 11) is 0. The molecule has 170 valence electrons. The second-order valence-corrected chi connectivity index (χ2v) is 7.37. The summed E-state index contributed by atoms with van der Waals surface area (Å²) < 4.78 is 39.3. The second kappa shape index (κ2) is 9.35. The van der Waals surface area contributed by atoms with Crippen LogP contribution in [-0.2, 0) is 11.0 Å². The van der Waals surface area contributed by atoms with Gasteiger partial charge in [-0.25, -0.2) is 0 Å². The number of carbonyl (C=O) groups excluding carboxylic acids is 2. The maximum Gasteiger partial charge on any atom is 0.418 e. The van der Waals surface area contributed by atoms with Crippen LogP contribution in [0.15, 0.2) is 42.5 Å². The lowest BCUT2D eigenvalue weighted by Gasteiger charge is -2.35. The van der Waals surface area contributed by atoms with Gasteiger partial charge in [0.1, 0.15) is 5.69 Å². The molecule has 32 heavy (non-hydrogen) atoms. The molecule has 8 nitrogen and oxygen atoms in total. The minimum atomic E-state index is -4.58. The van der Waals surface area contributed by atoms with Crippen LogP contribution in [0.5, 0.6) is 0 Å². The highest BCUT2D eigenvalue weighted by molar-refractivity contribution is 5.95. The SMILES string of the molecule is CC(=O)c1ccc(N2CCN(CC(=O)Nc3ccccc3C(F)(F)F)CC2)c([N+](=O)[O-])c1. The topological polar surface area (TPSA) is 95.8 Å². The van der Waals surface area contributed by atoms with E-state index >= 15 is 0 Å². The zero-order chi connectivity index (χ0) is 23.5. The number of para-hydroxylation sites is 1. The lowest BCUT2D eigenvalue weighted by atomic mass is 10.1. The smallest absolute Gasteiger partial charge is 0.363 e. The fourth-order valence-electron chi connectivity index (χ4n) is 3.54. The number of nitrogens with zero attached hydrogens (tertiary/aromatic N) is 3. The molecule has 0 bridgehead atoms. The van der Waals surface area contributed by atoms with Crippen LogP contribution >= 0.6 is 0 Å². The van der Waals surface area contributed by atoms with Gasteiger partial charge in [-0.05, 0) is 31.2 Å².